The lowest BCUT2D eigenvalue weighted by atomic mass is 9.99. The normalized spacial score (nSPS) is 19.8. The van der Waals surface area contributed by atoms with Gasteiger partial charge in [0.05, 0.1) is 12.0 Å². The lowest BCUT2D eigenvalue weighted by molar-refractivity contribution is 0.0693. The average molecular weight is 250 g/mol. The van der Waals surface area contributed by atoms with Crippen LogP contribution in [0.4, 0.5) is 0 Å². The van der Waals surface area contributed by atoms with E-state index < -0.39 is 0 Å². The second kappa shape index (κ2) is 5.15. The molecule has 4 nitrogen and oxygen atoms in total. The van der Waals surface area contributed by atoms with Gasteiger partial charge in [0.2, 0.25) is 0 Å². The number of aromatic nitrogens is 1. The standard InChI is InChI=1S/C12H12ClN3O/c13-11-5-1-4-10(15-11)12(17)16-6-2-3-9(7-14)8-16/h1,4-5,9H,2-3,6,8H2. The number of pyridine rings is 1. The van der Waals surface area contributed by atoms with E-state index in [0.717, 1.165) is 12.8 Å². The zero-order chi connectivity index (χ0) is 12.3. The Hall–Kier alpha value is -1.60. The first kappa shape index (κ1) is 11.9. The number of amides is 1. The van der Waals surface area contributed by atoms with E-state index in [-0.39, 0.29) is 11.8 Å². The molecular formula is C12H12ClN3O. The van der Waals surface area contributed by atoms with Gasteiger partial charge in [0.15, 0.2) is 0 Å². The zero-order valence-electron chi connectivity index (χ0n) is 9.27. The van der Waals surface area contributed by atoms with Gasteiger partial charge in [-0.3, -0.25) is 4.79 Å². The fourth-order valence-corrected chi connectivity index (χ4v) is 2.12. The molecule has 1 aliphatic heterocycles. The second-order valence-corrected chi connectivity index (χ2v) is 4.45. The fourth-order valence-electron chi connectivity index (χ4n) is 1.96. The van der Waals surface area contributed by atoms with Crippen LogP contribution in [0.25, 0.3) is 0 Å². The van der Waals surface area contributed by atoms with Crippen LogP contribution in [0.5, 0.6) is 0 Å². The fraction of sp³-hybridized carbons (Fsp3) is 0.417. The average Bonchev–Trinajstić information content (AvgIpc) is 2.38. The Balaban J connectivity index is 2.12. The molecule has 0 bridgehead atoms. The van der Waals surface area contributed by atoms with Gasteiger partial charge in [-0.15, -0.1) is 0 Å². The molecule has 88 valence electrons. The van der Waals surface area contributed by atoms with Crippen LogP contribution in [0.1, 0.15) is 23.3 Å². The number of hydrogen-bond acceptors (Lipinski definition) is 3. The number of halogens is 1. The number of carbonyl (C=O) groups is 1. The van der Waals surface area contributed by atoms with Crippen molar-refractivity contribution in [3.63, 3.8) is 0 Å². The maximum Gasteiger partial charge on any atom is 0.272 e. The summed E-state index contributed by atoms with van der Waals surface area (Å²) in [7, 11) is 0. The van der Waals surface area contributed by atoms with Gasteiger partial charge >= 0.3 is 0 Å². The third-order valence-electron chi connectivity index (χ3n) is 2.83. The summed E-state index contributed by atoms with van der Waals surface area (Å²) in [6.45, 7) is 1.18. The maximum absolute atomic E-state index is 12.1. The van der Waals surface area contributed by atoms with Gasteiger partial charge in [-0.1, -0.05) is 17.7 Å². The topological polar surface area (TPSA) is 57.0 Å². The molecule has 2 heterocycles. The Labute approximate surface area is 105 Å². The highest BCUT2D eigenvalue weighted by Crippen LogP contribution is 2.17. The maximum atomic E-state index is 12.1. The molecule has 0 saturated carbocycles. The van der Waals surface area contributed by atoms with Crippen molar-refractivity contribution in [2.45, 2.75) is 12.8 Å². The number of nitrogens with zero attached hydrogens (tertiary/aromatic N) is 3. The minimum Gasteiger partial charge on any atom is -0.336 e. The van der Waals surface area contributed by atoms with E-state index in [1.54, 1.807) is 23.1 Å². The van der Waals surface area contributed by atoms with Crippen LogP contribution in [-0.2, 0) is 0 Å². The Kier molecular flexibility index (Phi) is 3.60. The first-order chi connectivity index (χ1) is 8.20. The van der Waals surface area contributed by atoms with E-state index >= 15 is 0 Å². The quantitative estimate of drug-likeness (QED) is 0.717. The number of carbonyl (C=O) groups excluding carboxylic acids is 1. The molecular weight excluding hydrogens is 238 g/mol. The number of nitriles is 1. The van der Waals surface area contributed by atoms with Crippen LogP contribution in [0.3, 0.4) is 0 Å². The van der Waals surface area contributed by atoms with Gasteiger partial charge in [0.1, 0.15) is 10.8 Å². The van der Waals surface area contributed by atoms with Crippen molar-refractivity contribution in [1.82, 2.24) is 9.88 Å². The summed E-state index contributed by atoms with van der Waals surface area (Å²) in [5, 5.41) is 9.19. The highest BCUT2D eigenvalue weighted by molar-refractivity contribution is 6.29. The summed E-state index contributed by atoms with van der Waals surface area (Å²) >= 11 is 5.75. The highest BCUT2D eigenvalue weighted by atomic mass is 35.5. The van der Waals surface area contributed by atoms with E-state index in [0.29, 0.717) is 23.9 Å². The Morgan fingerprint density at radius 2 is 2.41 bits per heavy atom. The molecule has 1 saturated heterocycles. The Bertz CT molecular complexity index is 469. The molecule has 1 amide bonds. The minimum atomic E-state index is -0.146. The molecule has 1 atom stereocenters. The van der Waals surface area contributed by atoms with Crippen LogP contribution < -0.4 is 0 Å². The summed E-state index contributed by atoms with van der Waals surface area (Å²) in [5.41, 5.74) is 0.344. The number of hydrogen-bond donors (Lipinski definition) is 0. The summed E-state index contributed by atoms with van der Waals surface area (Å²) in [5.74, 6) is -0.209. The molecule has 0 aliphatic carbocycles. The Morgan fingerprint density at radius 3 is 3.12 bits per heavy atom. The van der Waals surface area contributed by atoms with Crippen LogP contribution in [0, 0.1) is 17.2 Å². The summed E-state index contributed by atoms with van der Waals surface area (Å²) in [4.78, 5) is 17.8. The number of likely N-dealkylation sites (tertiary alicyclic amines) is 1. The third kappa shape index (κ3) is 2.75. The van der Waals surface area contributed by atoms with Gasteiger partial charge < -0.3 is 4.90 Å². The molecule has 17 heavy (non-hydrogen) atoms. The molecule has 0 radical (unpaired) electrons. The van der Waals surface area contributed by atoms with Gasteiger partial charge in [-0.2, -0.15) is 5.26 Å². The van der Waals surface area contributed by atoms with Gasteiger partial charge in [0, 0.05) is 13.1 Å². The summed E-state index contributed by atoms with van der Waals surface area (Å²) < 4.78 is 0. The molecule has 2 rings (SSSR count). The summed E-state index contributed by atoms with van der Waals surface area (Å²) in [6, 6.07) is 7.19. The van der Waals surface area contributed by atoms with Crippen LogP contribution in [0.15, 0.2) is 18.2 Å². The predicted molar refractivity (Wildman–Crippen MR) is 63.5 cm³/mol. The SMILES string of the molecule is N#CC1CCCN(C(=O)c2cccc(Cl)n2)C1. The van der Waals surface area contributed by atoms with Crippen LogP contribution in [-0.4, -0.2) is 28.9 Å². The predicted octanol–water partition coefficient (Wildman–Crippen LogP) is 2.11. The molecule has 1 aromatic heterocycles. The minimum absolute atomic E-state index is 0.0631. The smallest absolute Gasteiger partial charge is 0.272 e. The van der Waals surface area contributed by atoms with Crippen molar-refractivity contribution in [2.75, 3.05) is 13.1 Å². The van der Waals surface area contributed by atoms with E-state index in [4.69, 9.17) is 16.9 Å². The van der Waals surface area contributed by atoms with Crippen molar-refractivity contribution in [3.05, 3.63) is 29.0 Å². The molecule has 1 aliphatic rings. The van der Waals surface area contributed by atoms with E-state index in [1.165, 1.54) is 0 Å². The van der Waals surface area contributed by atoms with Crippen molar-refractivity contribution in [1.29, 1.82) is 5.26 Å². The molecule has 1 aromatic rings. The summed E-state index contributed by atoms with van der Waals surface area (Å²) in [6.07, 6.45) is 1.73. The van der Waals surface area contributed by atoms with Crippen LogP contribution >= 0.6 is 11.6 Å². The zero-order valence-corrected chi connectivity index (χ0v) is 10.0. The van der Waals surface area contributed by atoms with Gasteiger partial charge in [0.25, 0.3) is 5.91 Å². The van der Waals surface area contributed by atoms with Crippen molar-refractivity contribution in [3.8, 4) is 6.07 Å². The van der Waals surface area contributed by atoms with E-state index in [9.17, 15) is 4.79 Å². The number of rotatable bonds is 1. The van der Waals surface area contributed by atoms with Crippen LogP contribution in [0.2, 0.25) is 5.15 Å². The molecule has 0 aromatic carbocycles. The Morgan fingerprint density at radius 1 is 1.59 bits per heavy atom. The first-order valence-electron chi connectivity index (χ1n) is 5.52. The molecule has 0 N–H and O–H groups in total. The van der Waals surface area contributed by atoms with E-state index in [2.05, 4.69) is 11.1 Å². The van der Waals surface area contributed by atoms with Crippen molar-refractivity contribution in [2.24, 2.45) is 5.92 Å². The monoisotopic (exact) mass is 249 g/mol. The van der Waals surface area contributed by atoms with Gasteiger partial charge in [-0.05, 0) is 25.0 Å². The number of piperidine rings is 1. The van der Waals surface area contributed by atoms with Crippen molar-refractivity contribution < 1.29 is 4.79 Å². The molecule has 5 heteroatoms. The highest BCUT2D eigenvalue weighted by Gasteiger charge is 2.24. The molecule has 1 fully saturated rings. The largest absolute Gasteiger partial charge is 0.336 e. The molecule has 0 spiro atoms. The second-order valence-electron chi connectivity index (χ2n) is 4.06. The molecule has 1 unspecified atom stereocenters. The first-order valence-corrected chi connectivity index (χ1v) is 5.90. The lowest BCUT2D eigenvalue weighted by Crippen LogP contribution is -2.39. The lowest BCUT2D eigenvalue weighted by Gasteiger charge is -2.29. The third-order valence-corrected chi connectivity index (χ3v) is 3.04. The van der Waals surface area contributed by atoms with E-state index in [1.807, 2.05) is 0 Å². The van der Waals surface area contributed by atoms with Crippen molar-refractivity contribution >= 4 is 17.5 Å². The van der Waals surface area contributed by atoms with Gasteiger partial charge in [-0.25, -0.2) is 4.98 Å².